The molecule has 1 atom stereocenters. The minimum Gasteiger partial charge on any atom is -0.465 e. The molecule has 1 aromatic heterocycles. The molecule has 1 heterocycles. The summed E-state index contributed by atoms with van der Waals surface area (Å²) in [5, 5.41) is 3.77. The third-order valence-corrected chi connectivity index (χ3v) is 7.56. The summed E-state index contributed by atoms with van der Waals surface area (Å²) in [6, 6.07) is 16.6. The van der Waals surface area contributed by atoms with Crippen LogP contribution in [0.25, 0.3) is 0 Å². The van der Waals surface area contributed by atoms with Crippen LogP contribution < -0.4 is 5.32 Å². The number of para-hydroxylation sites is 1. The van der Waals surface area contributed by atoms with Crippen LogP contribution in [0, 0.1) is 11.3 Å². The van der Waals surface area contributed by atoms with Gasteiger partial charge in [0, 0.05) is 16.8 Å². The molecule has 34 heavy (non-hydrogen) atoms. The van der Waals surface area contributed by atoms with E-state index in [0.29, 0.717) is 17.0 Å². The number of esters is 1. The molecule has 1 aliphatic carbocycles. The number of hydrogen-bond donors (Lipinski definition) is 1. The molecule has 4 rings (SSSR count). The summed E-state index contributed by atoms with van der Waals surface area (Å²) in [5.41, 5.74) is 4.14. The fraction of sp³-hybridized carbons (Fsp3) is 0.321. The maximum absolute atomic E-state index is 13.4. The molecule has 176 valence electrons. The highest BCUT2D eigenvalue weighted by Crippen LogP contribution is 2.45. The monoisotopic (exact) mass is 474 g/mol. The number of amides is 1. The fourth-order valence-electron chi connectivity index (χ4n) is 4.31. The predicted octanol–water partition coefficient (Wildman–Crippen LogP) is 6.69. The lowest BCUT2D eigenvalue weighted by atomic mass is 9.72. The molecule has 0 radical (unpaired) electrons. The van der Waals surface area contributed by atoms with E-state index in [2.05, 4.69) is 26.1 Å². The number of nitrogens with zero attached hydrogens (tertiary/aromatic N) is 1. The van der Waals surface area contributed by atoms with Crippen molar-refractivity contribution in [3.63, 3.8) is 0 Å². The molecule has 1 aliphatic rings. The zero-order chi connectivity index (χ0) is 24.3. The van der Waals surface area contributed by atoms with Gasteiger partial charge in [-0.05, 0) is 66.0 Å². The zero-order valence-electron chi connectivity index (χ0n) is 20.1. The summed E-state index contributed by atoms with van der Waals surface area (Å²) in [6.07, 6.45) is 4.67. The number of nitrogens with one attached hydrogen (secondary N) is 1. The van der Waals surface area contributed by atoms with Gasteiger partial charge in [-0.15, -0.1) is 11.3 Å². The van der Waals surface area contributed by atoms with Gasteiger partial charge in [-0.25, -0.2) is 9.79 Å². The molecule has 0 fully saturated rings. The Bertz CT molecular complexity index is 1200. The molecule has 0 saturated carbocycles. The van der Waals surface area contributed by atoms with E-state index >= 15 is 0 Å². The second-order valence-electron chi connectivity index (χ2n) is 9.68. The van der Waals surface area contributed by atoms with Crippen molar-refractivity contribution in [2.75, 3.05) is 12.4 Å². The van der Waals surface area contributed by atoms with Gasteiger partial charge in [0.1, 0.15) is 5.00 Å². The number of carbonyl (C=O) groups is 2. The van der Waals surface area contributed by atoms with Crippen LogP contribution in [0.1, 0.15) is 63.9 Å². The van der Waals surface area contributed by atoms with Crippen LogP contribution in [0.5, 0.6) is 0 Å². The summed E-state index contributed by atoms with van der Waals surface area (Å²) in [6.45, 7) is 6.86. The number of fused-ring (bicyclic) bond motifs is 1. The number of aliphatic imine (C=N–C) groups is 1. The van der Waals surface area contributed by atoms with Gasteiger partial charge >= 0.3 is 5.97 Å². The Morgan fingerprint density at radius 1 is 1.09 bits per heavy atom. The number of carbonyl (C=O) groups excluding carboxylic acids is 2. The van der Waals surface area contributed by atoms with Gasteiger partial charge in [-0.1, -0.05) is 51.1 Å². The highest BCUT2D eigenvalue weighted by Gasteiger charge is 2.33. The molecule has 0 spiro atoms. The lowest BCUT2D eigenvalue weighted by Crippen LogP contribution is -2.27. The van der Waals surface area contributed by atoms with Crippen molar-refractivity contribution in [3.05, 3.63) is 81.7 Å². The second-order valence-corrected chi connectivity index (χ2v) is 10.8. The molecule has 0 saturated heterocycles. The van der Waals surface area contributed by atoms with Crippen LogP contribution in [0.4, 0.5) is 10.7 Å². The van der Waals surface area contributed by atoms with Crippen LogP contribution >= 0.6 is 11.3 Å². The predicted molar refractivity (Wildman–Crippen MR) is 139 cm³/mol. The first-order valence-corrected chi connectivity index (χ1v) is 12.3. The molecular formula is C28H30N2O3S. The van der Waals surface area contributed by atoms with Crippen molar-refractivity contribution in [1.82, 2.24) is 0 Å². The van der Waals surface area contributed by atoms with Crippen molar-refractivity contribution in [1.29, 1.82) is 0 Å². The molecule has 0 aliphatic heterocycles. The maximum Gasteiger partial charge on any atom is 0.337 e. The third-order valence-electron chi connectivity index (χ3n) is 6.39. The van der Waals surface area contributed by atoms with Crippen molar-refractivity contribution in [2.24, 2.45) is 16.3 Å². The van der Waals surface area contributed by atoms with Gasteiger partial charge in [0.15, 0.2) is 0 Å². The van der Waals surface area contributed by atoms with Crippen LogP contribution in [0.2, 0.25) is 0 Å². The summed E-state index contributed by atoms with van der Waals surface area (Å²) in [4.78, 5) is 31.1. The molecule has 6 heteroatoms. The topological polar surface area (TPSA) is 67.8 Å². The number of thiophene rings is 1. The summed E-state index contributed by atoms with van der Waals surface area (Å²) in [5.74, 6) is 0.0835. The Kier molecular flexibility index (Phi) is 6.98. The average molecular weight is 475 g/mol. The third kappa shape index (κ3) is 5.28. The number of methoxy groups -OCH3 is 1. The normalized spacial score (nSPS) is 15.7. The zero-order valence-corrected chi connectivity index (χ0v) is 20.9. The van der Waals surface area contributed by atoms with Crippen molar-refractivity contribution >= 4 is 40.1 Å². The molecule has 0 unspecified atom stereocenters. The lowest BCUT2D eigenvalue weighted by Gasteiger charge is -2.33. The molecule has 2 aromatic carbocycles. The van der Waals surface area contributed by atoms with Crippen molar-refractivity contribution in [3.8, 4) is 0 Å². The quantitative estimate of drug-likeness (QED) is 0.331. The molecule has 5 nitrogen and oxygen atoms in total. The molecule has 1 N–H and O–H groups in total. The van der Waals surface area contributed by atoms with Crippen LogP contribution in [-0.2, 0) is 17.6 Å². The van der Waals surface area contributed by atoms with Gasteiger partial charge in [-0.3, -0.25) is 4.79 Å². The number of ether oxygens (including phenoxy) is 1. The minimum atomic E-state index is -0.373. The second kappa shape index (κ2) is 9.94. The van der Waals surface area contributed by atoms with Crippen LogP contribution in [0.15, 0.2) is 59.6 Å². The van der Waals surface area contributed by atoms with Gasteiger partial charge in [0.25, 0.3) is 5.91 Å². The van der Waals surface area contributed by atoms with Crippen LogP contribution in [-0.4, -0.2) is 25.2 Å². The highest BCUT2D eigenvalue weighted by atomic mass is 32.1. The number of benzene rings is 2. The largest absolute Gasteiger partial charge is 0.465 e. The Hall–Kier alpha value is -3.25. The van der Waals surface area contributed by atoms with E-state index in [-0.39, 0.29) is 17.3 Å². The van der Waals surface area contributed by atoms with E-state index in [4.69, 9.17) is 9.73 Å². The molecular weight excluding hydrogens is 444 g/mol. The molecule has 0 bridgehead atoms. The standard InChI is InChI=1S/C28H30N2O3S/c1-28(2,3)20-14-15-22-23(16-20)34-26(24(22)25(31)30-21-8-6-5-7-9-21)29-17-18-10-12-19(13-11-18)27(32)33-4/h5-13,17,20H,14-16H2,1-4H3,(H,30,31)/t20-/m0/s1. The molecule has 1 amide bonds. The van der Waals surface area contributed by atoms with E-state index in [1.807, 2.05) is 42.5 Å². The Balaban J connectivity index is 1.66. The average Bonchev–Trinajstić information content (AvgIpc) is 3.20. The fourth-order valence-corrected chi connectivity index (χ4v) is 5.58. The van der Waals surface area contributed by atoms with Crippen LogP contribution in [0.3, 0.4) is 0 Å². The molecule has 3 aromatic rings. The van der Waals surface area contributed by atoms with Gasteiger partial charge in [-0.2, -0.15) is 0 Å². The Morgan fingerprint density at radius 2 is 1.79 bits per heavy atom. The number of hydrogen-bond acceptors (Lipinski definition) is 5. The van der Waals surface area contributed by atoms with Gasteiger partial charge in [0.2, 0.25) is 0 Å². The van der Waals surface area contributed by atoms with E-state index < -0.39 is 0 Å². The summed E-state index contributed by atoms with van der Waals surface area (Å²) >= 11 is 1.62. The van der Waals surface area contributed by atoms with E-state index in [9.17, 15) is 9.59 Å². The minimum absolute atomic E-state index is 0.119. The highest BCUT2D eigenvalue weighted by molar-refractivity contribution is 7.16. The number of anilines is 1. The van der Waals surface area contributed by atoms with Crippen molar-refractivity contribution in [2.45, 2.75) is 40.0 Å². The van der Waals surface area contributed by atoms with E-state index in [1.165, 1.54) is 12.0 Å². The lowest BCUT2D eigenvalue weighted by molar-refractivity contribution is 0.0600. The first kappa shape index (κ1) is 23.9. The summed E-state index contributed by atoms with van der Waals surface area (Å²) < 4.78 is 4.76. The van der Waals surface area contributed by atoms with Gasteiger partial charge < -0.3 is 10.1 Å². The smallest absolute Gasteiger partial charge is 0.337 e. The van der Waals surface area contributed by atoms with Gasteiger partial charge in [0.05, 0.1) is 18.2 Å². The maximum atomic E-state index is 13.4. The SMILES string of the molecule is COC(=O)c1ccc(C=Nc2sc3c(c2C(=O)Nc2ccccc2)CC[C@H](C(C)(C)C)C3)cc1. The number of rotatable bonds is 5. The first-order valence-electron chi connectivity index (χ1n) is 11.5. The van der Waals surface area contributed by atoms with E-state index in [0.717, 1.165) is 41.1 Å². The Morgan fingerprint density at radius 3 is 2.44 bits per heavy atom. The Labute approximate surface area is 204 Å². The van der Waals surface area contributed by atoms with Crippen molar-refractivity contribution < 1.29 is 14.3 Å². The summed E-state index contributed by atoms with van der Waals surface area (Å²) in [7, 11) is 1.36. The first-order chi connectivity index (χ1) is 16.3. The van der Waals surface area contributed by atoms with E-state index in [1.54, 1.807) is 29.7 Å².